The van der Waals surface area contributed by atoms with Crippen LogP contribution in [0.15, 0.2) is 6.07 Å². The lowest BCUT2D eigenvalue weighted by molar-refractivity contribution is -0.151. The largest absolute Gasteiger partial charge is 0.478 e. The van der Waals surface area contributed by atoms with Crippen LogP contribution in [0.5, 0.6) is 0 Å². The van der Waals surface area contributed by atoms with E-state index in [9.17, 15) is 18.0 Å². The first-order valence-corrected chi connectivity index (χ1v) is 6.43. The van der Waals surface area contributed by atoms with Gasteiger partial charge in [0, 0.05) is 5.69 Å². The van der Waals surface area contributed by atoms with Gasteiger partial charge in [-0.1, -0.05) is 0 Å². The number of aryl methyl sites for hydroxylation is 2. The third kappa shape index (κ3) is 2.01. The van der Waals surface area contributed by atoms with Crippen LogP contribution in [-0.4, -0.2) is 27.8 Å². The Labute approximate surface area is 113 Å². The van der Waals surface area contributed by atoms with Crippen molar-refractivity contribution < 1.29 is 23.1 Å². The van der Waals surface area contributed by atoms with E-state index in [2.05, 4.69) is 10.3 Å². The summed E-state index contributed by atoms with van der Waals surface area (Å²) >= 11 is 0. The summed E-state index contributed by atoms with van der Waals surface area (Å²) in [6.07, 6.45) is -2.22. The fraction of sp³-hybridized carbons (Fsp3) is 0.538. The lowest BCUT2D eigenvalue weighted by Gasteiger charge is -2.22. The van der Waals surface area contributed by atoms with Crippen LogP contribution in [-0.2, 0) is 12.8 Å². The average molecular weight is 286 g/mol. The summed E-state index contributed by atoms with van der Waals surface area (Å²) in [5.41, 5.74) is -0.654. The van der Waals surface area contributed by atoms with Crippen molar-refractivity contribution in [1.82, 2.24) is 4.98 Å². The molecule has 0 bridgehead atoms. The topological polar surface area (TPSA) is 62.2 Å². The standard InChI is InChI=1S/C13H13F3N2O2/c14-13(15,16)12(4-5-12)18-10-8(11(19)20)6-7-2-1-3-9(7)17-10/h6H,1-5H2,(H,17,18)(H,19,20). The van der Waals surface area contributed by atoms with Crippen molar-refractivity contribution in [3.05, 3.63) is 22.9 Å². The zero-order valence-electron chi connectivity index (χ0n) is 10.5. The maximum Gasteiger partial charge on any atom is 0.411 e. The Morgan fingerprint density at radius 3 is 2.60 bits per heavy atom. The Balaban J connectivity index is 1.99. The highest BCUT2D eigenvalue weighted by atomic mass is 19.4. The molecule has 0 aliphatic heterocycles. The van der Waals surface area contributed by atoms with Crippen molar-refractivity contribution in [3.63, 3.8) is 0 Å². The monoisotopic (exact) mass is 286 g/mol. The van der Waals surface area contributed by atoms with E-state index in [0.717, 1.165) is 18.4 Å². The van der Waals surface area contributed by atoms with E-state index in [1.807, 2.05) is 0 Å². The summed E-state index contributed by atoms with van der Waals surface area (Å²) in [7, 11) is 0. The average Bonchev–Trinajstić information content (AvgIpc) is 2.99. The number of fused-ring (bicyclic) bond motifs is 1. The van der Waals surface area contributed by atoms with Crippen LogP contribution in [0, 0.1) is 0 Å². The van der Waals surface area contributed by atoms with Gasteiger partial charge in [0.15, 0.2) is 0 Å². The highest BCUT2D eigenvalue weighted by Crippen LogP contribution is 2.51. The lowest BCUT2D eigenvalue weighted by atomic mass is 10.1. The molecule has 0 saturated heterocycles. The van der Waals surface area contributed by atoms with Gasteiger partial charge in [0.1, 0.15) is 16.9 Å². The summed E-state index contributed by atoms with van der Waals surface area (Å²) in [6, 6.07) is 1.45. The van der Waals surface area contributed by atoms with Gasteiger partial charge >= 0.3 is 12.1 Å². The molecule has 0 aromatic carbocycles. The molecule has 0 unspecified atom stereocenters. The van der Waals surface area contributed by atoms with Crippen LogP contribution in [0.1, 0.15) is 40.9 Å². The minimum atomic E-state index is -4.40. The SMILES string of the molecule is O=C(O)c1cc2c(nc1NC1(C(F)(F)F)CC1)CCC2. The van der Waals surface area contributed by atoms with E-state index in [-0.39, 0.29) is 24.2 Å². The molecule has 1 aromatic rings. The molecule has 0 spiro atoms. The Hall–Kier alpha value is -1.79. The number of halogens is 3. The summed E-state index contributed by atoms with van der Waals surface area (Å²) in [5.74, 6) is -1.42. The number of carboxylic acids is 1. The van der Waals surface area contributed by atoms with Crippen molar-refractivity contribution in [2.24, 2.45) is 0 Å². The normalized spacial score (nSPS) is 19.6. The zero-order chi connectivity index (χ0) is 14.5. The van der Waals surface area contributed by atoms with Gasteiger partial charge < -0.3 is 10.4 Å². The molecule has 3 rings (SSSR count). The number of carbonyl (C=O) groups is 1. The second kappa shape index (κ2) is 4.10. The molecule has 2 aliphatic carbocycles. The predicted octanol–water partition coefficient (Wildman–Crippen LogP) is 2.78. The number of aromatic carboxylic acids is 1. The number of carboxylic acid groups (broad SMARTS) is 1. The van der Waals surface area contributed by atoms with Gasteiger partial charge in [-0.25, -0.2) is 9.78 Å². The second-order valence-electron chi connectivity index (χ2n) is 5.35. The molecule has 0 atom stereocenters. The first-order chi connectivity index (χ1) is 9.32. The smallest absolute Gasteiger partial charge is 0.411 e. The summed E-state index contributed by atoms with van der Waals surface area (Å²) < 4.78 is 38.9. The van der Waals surface area contributed by atoms with Gasteiger partial charge in [-0.05, 0) is 43.7 Å². The molecule has 2 N–H and O–H groups in total. The van der Waals surface area contributed by atoms with Crippen LogP contribution in [0.2, 0.25) is 0 Å². The molecule has 0 radical (unpaired) electrons. The molecular weight excluding hydrogens is 273 g/mol. The Morgan fingerprint density at radius 2 is 2.05 bits per heavy atom. The summed E-state index contributed by atoms with van der Waals surface area (Å²) in [4.78, 5) is 15.3. The van der Waals surface area contributed by atoms with Gasteiger partial charge in [-0.3, -0.25) is 0 Å². The van der Waals surface area contributed by atoms with E-state index in [4.69, 9.17) is 5.11 Å². The first-order valence-electron chi connectivity index (χ1n) is 6.43. The van der Waals surface area contributed by atoms with Gasteiger partial charge in [0.05, 0.1) is 0 Å². The molecule has 1 saturated carbocycles. The Kier molecular flexibility index (Phi) is 2.71. The Morgan fingerprint density at radius 1 is 1.35 bits per heavy atom. The second-order valence-corrected chi connectivity index (χ2v) is 5.35. The van der Waals surface area contributed by atoms with Crippen LogP contribution >= 0.6 is 0 Å². The lowest BCUT2D eigenvalue weighted by Crippen LogP contribution is -2.39. The number of anilines is 1. The van der Waals surface area contributed by atoms with Gasteiger partial charge in [-0.15, -0.1) is 0 Å². The number of rotatable bonds is 3. The van der Waals surface area contributed by atoms with E-state index < -0.39 is 17.7 Å². The minimum Gasteiger partial charge on any atom is -0.478 e. The number of nitrogens with one attached hydrogen (secondary N) is 1. The Bertz CT molecular complexity index is 580. The summed E-state index contributed by atoms with van der Waals surface area (Å²) in [5, 5.41) is 11.5. The minimum absolute atomic E-state index is 0.0473. The van der Waals surface area contributed by atoms with Gasteiger partial charge in [0.2, 0.25) is 0 Å². The molecule has 1 heterocycles. The number of hydrogen-bond donors (Lipinski definition) is 2. The predicted molar refractivity (Wildman–Crippen MR) is 64.9 cm³/mol. The van der Waals surface area contributed by atoms with E-state index >= 15 is 0 Å². The van der Waals surface area contributed by atoms with Crippen LogP contribution < -0.4 is 5.32 Å². The molecule has 1 aromatic heterocycles. The first kappa shape index (κ1) is 13.2. The van der Waals surface area contributed by atoms with E-state index in [1.165, 1.54) is 6.07 Å². The van der Waals surface area contributed by atoms with Crippen LogP contribution in [0.3, 0.4) is 0 Å². The highest BCUT2D eigenvalue weighted by molar-refractivity contribution is 5.93. The molecule has 4 nitrogen and oxygen atoms in total. The van der Waals surface area contributed by atoms with Crippen molar-refractivity contribution in [3.8, 4) is 0 Å². The third-order valence-corrected chi connectivity index (χ3v) is 3.93. The molecule has 108 valence electrons. The highest BCUT2D eigenvalue weighted by Gasteiger charge is 2.64. The molecule has 1 fully saturated rings. The van der Waals surface area contributed by atoms with Crippen molar-refractivity contribution in [2.45, 2.75) is 43.8 Å². The maximum absolute atomic E-state index is 13.0. The third-order valence-electron chi connectivity index (χ3n) is 3.93. The van der Waals surface area contributed by atoms with E-state index in [1.54, 1.807) is 0 Å². The van der Waals surface area contributed by atoms with Gasteiger partial charge in [-0.2, -0.15) is 13.2 Å². The number of alkyl halides is 3. The number of pyridine rings is 1. The van der Waals surface area contributed by atoms with Gasteiger partial charge in [0.25, 0.3) is 0 Å². The number of hydrogen-bond acceptors (Lipinski definition) is 3. The number of nitrogens with zero attached hydrogens (tertiary/aromatic N) is 1. The van der Waals surface area contributed by atoms with Crippen LogP contribution in [0.25, 0.3) is 0 Å². The zero-order valence-corrected chi connectivity index (χ0v) is 10.5. The maximum atomic E-state index is 13.0. The van der Waals surface area contributed by atoms with E-state index in [0.29, 0.717) is 12.1 Å². The van der Waals surface area contributed by atoms with Crippen LogP contribution in [0.4, 0.5) is 19.0 Å². The molecule has 2 aliphatic rings. The molecule has 20 heavy (non-hydrogen) atoms. The number of aromatic nitrogens is 1. The quantitative estimate of drug-likeness (QED) is 0.897. The molecule has 7 heteroatoms. The van der Waals surface area contributed by atoms with Crippen molar-refractivity contribution >= 4 is 11.8 Å². The molecule has 0 amide bonds. The van der Waals surface area contributed by atoms with Crippen molar-refractivity contribution in [2.75, 3.05) is 5.32 Å². The van der Waals surface area contributed by atoms with Crippen molar-refractivity contribution in [1.29, 1.82) is 0 Å². The summed E-state index contributed by atoms with van der Waals surface area (Å²) in [6.45, 7) is 0. The fourth-order valence-electron chi connectivity index (χ4n) is 2.56. The fourth-order valence-corrected chi connectivity index (χ4v) is 2.56. The molecular formula is C13H13F3N2O2.